The van der Waals surface area contributed by atoms with Crippen LogP contribution in [0, 0.1) is 17.6 Å². The quantitative estimate of drug-likeness (QED) is 0.775. The van der Waals surface area contributed by atoms with Crippen LogP contribution < -0.4 is 9.64 Å². The molecule has 1 aromatic rings. The summed E-state index contributed by atoms with van der Waals surface area (Å²) in [7, 11) is 1.19. The van der Waals surface area contributed by atoms with E-state index in [0.29, 0.717) is 13.0 Å². The molecule has 2 rings (SSSR count). The fourth-order valence-corrected chi connectivity index (χ4v) is 2.04. The van der Waals surface area contributed by atoms with E-state index >= 15 is 0 Å². The molecule has 0 N–H and O–H groups in total. The van der Waals surface area contributed by atoms with Crippen LogP contribution in [0.5, 0.6) is 5.75 Å². The molecule has 5 heteroatoms. The monoisotopic (exact) mass is 253 g/mol. The molecule has 1 atom stereocenters. The minimum absolute atomic E-state index is 0.0192. The molecule has 1 fully saturated rings. The maximum Gasteiger partial charge on any atom is 0.227 e. The van der Waals surface area contributed by atoms with E-state index in [1.165, 1.54) is 12.0 Å². The zero-order chi connectivity index (χ0) is 13.3. The molecule has 3 nitrogen and oxygen atoms in total. The van der Waals surface area contributed by atoms with Gasteiger partial charge in [-0.05, 0) is 0 Å². The van der Waals surface area contributed by atoms with E-state index in [1.807, 2.05) is 0 Å². The third kappa shape index (κ3) is 2.08. The van der Waals surface area contributed by atoms with Crippen molar-refractivity contribution >= 4 is 11.6 Å². The Morgan fingerprint density at radius 1 is 1.44 bits per heavy atom. The van der Waals surface area contributed by atoms with Crippen LogP contribution in [0.15, 0.2) is 24.8 Å². The Kier molecular flexibility index (Phi) is 3.32. The second-order valence-corrected chi connectivity index (χ2v) is 4.15. The van der Waals surface area contributed by atoms with Crippen LogP contribution in [0.4, 0.5) is 14.5 Å². The van der Waals surface area contributed by atoms with E-state index in [1.54, 1.807) is 6.08 Å². The summed E-state index contributed by atoms with van der Waals surface area (Å²) in [5, 5.41) is 0. The van der Waals surface area contributed by atoms with Crippen molar-refractivity contribution in [1.29, 1.82) is 0 Å². The van der Waals surface area contributed by atoms with Gasteiger partial charge in [0.25, 0.3) is 0 Å². The number of rotatable bonds is 3. The van der Waals surface area contributed by atoms with Crippen molar-refractivity contribution in [2.45, 2.75) is 6.42 Å². The van der Waals surface area contributed by atoms with Crippen LogP contribution >= 0.6 is 0 Å². The number of ether oxygens (including phenoxy) is 1. The zero-order valence-corrected chi connectivity index (χ0v) is 9.95. The normalized spacial score (nSPS) is 19.2. The maximum atomic E-state index is 13.5. The fourth-order valence-electron chi connectivity index (χ4n) is 2.04. The maximum absolute atomic E-state index is 13.5. The summed E-state index contributed by atoms with van der Waals surface area (Å²) in [5.41, 5.74) is 0.208. The lowest BCUT2D eigenvalue weighted by molar-refractivity contribution is -0.117. The highest BCUT2D eigenvalue weighted by atomic mass is 19.1. The third-order valence-electron chi connectivity index (χ3n) is 2.99. The average molecular weight is 253 g/mol. The molecule has 1 aliphatic rings. The SMILES string of the molecule is C=CC1CC(=O)N(c2cc(F)c(OC)c(F)c2)C1. The lowest BCUT2D eigenvalue weighted by Gasteiger charge is -2.17. The number of anilines is 1. The number of benzene rings is 1. The van der Waals surface area contributed by atoms with Crippen LogP contribution in [-0.2, 0) is 4.79 Å². The molecule has 0 bridgehead atoms. The van der Waals surface area contributed by atoms with Crippen LogP contribution in [0.25, 0.3) is 0 Å². The Bertz CT molecular complexity index is 479. The Morgan fingerprint density at radius 3 is 2.50 bits per heavy atom. The molecule has 0 aliphatic carbocycles. The molecule has 1 saturated heterocycles. The highest BCUT2D eigenvalue weighted by Crippen LogP contribution is 2.31. The van der Waals surface area contributed by atoms with Crippen molar-refractivity contribution in [1.82, 2.24) is 0 Å². The van der Waals surface area contributed by atoms with Gasteiger partial charge in [-0.15, -0.1) is 6.58 Å². The van der Waals surface area contributed by atoms with Crippen molar-refractivity contribution in [3.05, 3.63) is 36.4 Å². The summed E-state index contributed by atoms with van der Waals surface area (Å²) in [6.45, 7) is 4.02. The Labute approximate surface area is 104 Å². The van der Waals surface area contributed by atoms with E-state index in [-0.39, 0.29) is 17.5 Å². The first kappa shape index (κ1) is 12.5. The van der Waals surface area contributed by atoms with Crippen LogP contribution in [0.3, 0.4) is 0 Å². The molecule has 0 radical (unpaired) electrons. The molecule has 0 aromatic heterocycles. The van der Waals surface area contributed by atoms with Gasteiger partial charge in [-0.25, -0.2) is 8.78 Å². The summed E-state index contributed by atoms with van der Waals surface area (Å²) >= 11 is 0. The van der Waals surface area contributed by atoms with Crippen molar-refractivity contribution in [2.75, 3.05) is 18.6 Å². The van der Waals surface area contributed by atoms with Gasteiger partial charge in [0.05, 0.1) is 7.11 Å². The third-order valence-corrected chi connectivity index (χ3v) is 2.99. The number of hydrogen-bond donors (Lipinski definition) is 0. The number of methoxy groups -OCH3 is 1. The van der Waals surface area contributed by atoms with Gasteiger partial charge in [0.1, 0.15) is 0 Å². The van der Waals surface area contributed by atoms with Gasteiger partial charge in [0, 0.05) is 36.7 Å². The first-order valence-corrected chi connectivity index (χ1v) is 5.52. The van der Waals surface area contributed by atoms with Crippen LogP contribution in [-0.4, -0.2) is 19.6 Å². The summed E-state index contributed by atoms with van der Waals surface area (Å²) in [4.78, 5) is 13.1. The lowest BCUT2D eigenvalue weighted by Crippen LogP contribution is -2.24. The average Bonchev–Trinajstić information content (AvgIpc) is 2.70. The lowest BCUT2D eigenvalue weighted by atomic mass is 10.1. The molecule has 0 saturated carbocycles. The van der Waals surface area contributed by atoms with Gasteiger partial charge in [0.2, 0.25) is 5.91 Å². The van der Waals surface area contributed by atoms with Crippen molar-refractivity contribution in [3.63, 3.8) is 0 Å². The minimum Gasteiger partial charge on any atom is -0.491 e. The largest absolute Gasteiger partial charge is 0.491 e. The summed E-state index contributed by atoms with van der Waals surface area (Å²) < 4.78 is 31.7. The summed E-state index contributed by atoms with van der Waals surface area (Å²) in [5.74, 6) is -2.22. The molecule has 96 valence electrons. The van der Waals surface area contributed by atoms with E-state index in [9.17, 15) is 13.6 Å². The second-order valence-electron chi connectivity index (χ2n) is 4.15. The predicted octanol–water partition coefficient (Wildman–Crippen LogP) is 2.51. The fraction of sp³-hybridized carbons (Fsp3) is 0.308. The molecule has 1 aliphatic heterocycles. The number of halogens is 2. The molecule has 1 unspecified atom stereocenters. The molecular formula is C13H13F2NO2. The number of nitrogens with zero attached hydrogens (tertiary/aromatic N) is 1. The van der Waals surface area contributed by atoms with Gasteiger partial charge < -0.3 is 9.64 Å². The number of hydrogen-bond acceptors (Lipinski definition) is 2. The first-order chi connectivity index (χ1) is 8.56. The molecule has 18 heavy (non-hydrogen) atoms. The standard InChI is InChI=1S/C13H13F2NO2/c1-3-8-4-12(17)16(7-8)9-5-10(14)13(18-2)11(15)6-9/h3,5-6,8H,1,4,7H2,2H3. The molecular weight excluding hydrogens is 240 g/mol. The number of carbonyl (C=O) groups is 1. The minimum atomic E-state index is -0.817. The van der Waals surface area contributed by atoms with Gasteiger partial charge in [-0.3, -0.25) is 4.79 Å². The van der Waals surface area contributed by atoms with Gasteiger partial charge in [-0.1, -0.05) is 6.08 Å². The first-order valence-electron chi connectivity index (χ1n) is 5.52. The van der Waals surface area contributed by atoms with Gasteiger partial charge in [-0.2, -0.15) is 0 Å². The molecule has 1 aromatic carbocycles. The van der Waals surface area contributed by atoms with Crippen molar-refractivity contribution < 1.29 is 18.3 Å². The summed E-state index contributed by atoms with van der Waals surface area (Å²) in [6.07, 6.45) is 1.99. The van der Waals surface area contributed by atoms with E-state index in [2.05, 4.69) is 11.3 Å². The zero-order valence-electron chi connectivity index (χ0n) is 9.95. The topological polar surface area (TPSA) is 29.5 Å². The predicted molar refractivity (Wildman–Crippen MR) is 63.6 cm³/mol. The van der Waals surface area contributed by atoms with Gasteiger partial charge in [0.15, 0.2) is 17.4 Å². The summed E-state index contributed by atoms with van der Waals surface area (Å²) in [6, 6.07) is 2.20. The molecule has 1 amide bonds. The second kappa shape index (κ2) is 4.76. The van der Waals surface area contributed by atoms with E-state index in [0.717, 1.165) is 12.1 Å². The van der Waals surface area contributed by atoms with Gasteiger partial charge >= 0.3 is 0 Å². The molecule has 0 spiro atoms. The van der Waals surface area contributed by atoms with Crippen molar-refractivity contribution in [2.24, 2.45) is 5.92 Å². The smallest absolute Gasteiger partial charge is 0.227 e. The van der Waals surface area contributed by atoms with E-state index in [4.69, 9.17) is 0 Å². The highest BCUT2D eigenvalue weighted by molar-refractivity contribution is 5.96. The highest BCUT2D eigenvalue weighted by Gasteiger charge is 2.29. The number of carbonyl (C=O) groups excluding carboxylic acids is 1. The van der Waals surface area contributed by atoms with Crippen LogP contribution in [0.2, 0.25) is 0 Å². The van der Waals surface area contributed by atoms with Crippen molar-refractivity contribution in [3.8, 4) is 5.75 Å². The number of amides is 1. The Hall–Kier alpha value is -1.91. The van der Waals surface area contributed by atoms with Crippen LogP contribution in [0.1, 0.15) is 6.42 Å². The van der Waals surface area contributed by atoms with E-state index < -0.39 is 17.4 Å². The molecule has 1 heterocycles. The Balaban J connectivity index is 2.35. The Morgan fingerprint density at radius 2 is 2.06 bits per heavy atom.